The molecular weight excluding hydrogens is 198 g/mol. The lowest BCUT2D eigenvalue weighted by molar-refractivity contribution is 1.30. The van der Waals surface area contributed by atoms with Crippen LogP contribution in [0.3, 0.4) is 0 Å². The molecule has 1 aromatic rings. The second-order valence-electron chi connectivity index (χ2n) is 4.34. The van der Waals surface area contributed by atoms with Crippen molar-refractivity contribution in [1.29, 1.82) is 0 Å². The van der Waals surface area contributed by atoms with E-state index in [9.17, 15) is 0 Å². The molecule has 0 saturated heterocycles. The van der Waals surface area contributed by atoms with Crippen molar-refractivity contribution in [2.45, 2.75) is 26.6 Å². The molecule has 0 spiro atoms. The van der Waals surface area contributed by atoms with Crippen LogP contribution in [0.1, 0.15) is 18.1 Å². The number of rotatable bonds is 0. The molecule has 0 radical (unpaired) electrons. The maximum absolute atomic E-state index is 4.11. The summed E-state index contributed by atoms with van der Waals surface area (Å²) in [7, 11) is -1.30. The molecule has 0 atom stereocenters. The molecule has 1 rings (SSSR count). The van der Waals surface area contributed by atoms with Gasteiger partial charge in [-0.15, -0.1) is 11.5 Å². The minimum Gasteiger partial charge on any atom is -0.262 e. The highest BCUT2D eigenvalue weighted by Crippen LogP contribution is 2.02. The molecule has 0 aliphatic carbocycles. The smallest absolute Gasteiger partial charge is 0.129 e. The van der Waals surface area contributed by atoms with E-state index in [1.165, 1.54) is 0 Å². The van der Waals surface area contributed by atoms with E-state index in [2.05, 4.69) is 47.9 Å². The maximum Gasteiger partial charge on any atom is 0.129 e. The molecule has 76 valence electrons. The number of aromatic nitrogens is 1. The normalized spacial score (nSPS) is 9.60. The second kappa shape index (κ2) is 4.82. The first-order valence-corrected chi connectivity index (χ1v) is 8.42. The van der Waals surface area contributed by atoms with Crippen molar-refractivity contribution in [3.8, 4) is 23.3 Å². The molecule has 0 aliphatic rings. The van der Waals surface area contributed by atoms with Crippen molar-refractivity contribution in [3.05, 3.63) is 29.6 Å². The van der Waals surface area contributed by atoms with Gasteiger partial charge >= 0.3 is 0 Å². The van der Waals surface area contributed by atoms with Gasteiger partial charge in [0, 0.05) is 23.5 Å². The molecule has 1 nitrogen and oxygen atoms in total. The van der Waals surface area contributed by atoms with Crippen LogP contribution in [0.25, 0.3) is 0 Å². The zero-order valence-corrected chi connectivity index (χ0v) is 10.7. The van der Waals surface area contributed by atoms with Gasteiger partial charge in [-0.1, -0.05) is 31.5 Å². The Morgan fingerprint density at radius 2 is 1.67 bits per heavy atom. The van der Waals surface area contributed by atoms with Gasteiger partial charge in [0.15, 0.2) is 0 Å². The topological polar surface area (TPSA) is 12.9 Å². The Morgan fingerprint density at radius 1 is 1.07 bits per heavy atom. The summed E-state index contributed by atoms with van der Waals surface area (Å²) in [6, 6.07) is 1.98. The molecule has 0 aromatic carbocycles. The van der Waals surface area contributed by atoms with Crippen molar-refractivity contribution in [2.24, 2.45) is 0 Å². The summed E-state index contributed by atoms with van der Waals surface area (Å²) in [4.78, 5) is 4.11. The van der Waals surface area contributed by atoms with Gasteiger partial charge in [-0.3, -0.25) is 4.98 Å². The van der Waals surface area contributed by atoms with Crippen LogP contribution in [-0.4, -0.2) is 13.1 Å². The molecule has 1 heterocycles. The molecule has 1 aromatic heterocycles. The van der Waals surface area contributed by atoms with Crippen LogP contribution < -0.4 is 0 Å². The standard InChI is InChI=1S/C13H15NSi/c1-5-6-12-9-13(11-14-10-12)7-8-15(2,3)4/h9-11H,1-4H3. The predicted octanol–water partition coefficient (Wildman–Crippen LogP) is 2.68. The van der Waals surface area contributed by atoms with Gasteiger partial charge in [-0.05, 0) is 13.0 Å². The van der Waals surface area contributed by atoms with Gasteiger partial charge in [-0.25, -0.2) is 0 Å². The van der Waals surface area contributed by atoms with Crippen LogP contribution in [0.2, 0.25) is 19.6 Å². The van der Waals surface area contributed by atoms with Gasteiger partial charge in [0.2, 0.25) is 0 Å². The van der Waals surface area contributed by atoms with E-state index in [1.54, 1.807) is 12.4 Å². The minimum atomic E-state index is -1.30. The van der Waals surface area contributed by atoms with Crippen molar-refractivity contribution >= 4 is 8.07 Å². The van der Waals surface area contributed by atoms with Crippen LogP contribution in [-0.2, 0) is 0 Å². The van der Waals surface area contributed by atoms with Gasteiger partial charge in [-0.2, -0.15) is 0 Å². The van der Waals surface area contributed by atoms with Crippen LogP contribution in [0, 0.1) is 23.3 Å². The van der Waals surface area contributed by atoms with Crippen LogP contribution in [0.15, 0.2) is 18.5 Å². The molecule has 0 amide bonds. The fraction of sp³-hybridized carbons (Fsp3) is 0.308. The molecule has 2 heteroatoms. The lowest BCUT2D eigenvalue weighted by atomic mass is 10.2. The van der Waals surface area contributed by atoms with E-state index in [1.807, 2.05) is 13.0 Å². The SMILES string of the molecule is CC#Cc1cncc(C#C[Si](C)(C)C)c1. The van der Waals surface area contributed by atoms with Crippen molar-refractivity contribution < 1.29 is 0 Å². The van der Waals surface area contributed by atoms with E-state index in [0.717, 1.165) is 11.1 Å². The largest absolute Gasteiger partial charge is 0.262 e. The first kappa shape index (κ1) is 11.6. The van der Waals surface area contributed by atoms with Crippen LogP contribution >= 0.6 is 0 Å². The van der Waals surface area contributed by atoms with Gasteiger partial charge < -0.3 is 0 Å². The first-order valence-electron chi connectivity index (χ1n) is 4.92. The molecule has 0 bridgehead atoms. The molecule has 0 fully saturated rings. The van der Waals surface area contributed by atoms with Gasteiger partial charge in [0.1, 0.15) is 8.07 Å². The third kappa shape index (κ3) is 4.49. The highest BCUT2D eigenvalue weighted by molar-refractivity contribution is 6.83. The van der Waals surface area contributed by atoms with Gasteiger partial charge in [0.05, 0.1) is 0 Å². The zero-order chi connectivity index (χ0) is 11.3. The Kier molecular flexibility index (Phi) is 3.72. The lowest BCUT2D eigenvalue weighted by Crippen LogP contribution is -2.16. The Hall–Kier alpha value is -1.51. The third-order valence-electron chi connectivity index (χ3n) is 1.59. The summed E-state index contributed by atoms with van der Waals surface area (Å²) >= 11 is 0. The summed E-state index contributed by atoms with van der Waals surface area (Å²) in [5.74, 6) is 9.00. The summed E-state index contributed by atoms with van der Waals surface area (Å²) < 4.78 is 0. The maximum atomic E-state index is 4.11. The zero-order valence-electron chi connectivity index (χ0n) is 9.68. The highest BCUT2D eigenvalue weighted by atomic mass is 28.3. The van der Waals surface area contributed by atoms with E-state index in [4.69, 9.17) is 0 Å². The molecule has 0 unspecified atom stereocenters. The number of hydrogen-bond acceptors (Lipinski definition) is 1. The molecule has 0 aliphatic heterocycles. The minimum absolute atomic E-state index is 0.930. The number of pyridine rings is 1. The Labute approximate surface area is 93.0 Å². The van der Waals surface area contributed by atoms with E-state index >= 15 is 0 Å². The monoisotopic (exact) mass is 213 g/mol. The summed E-state index contributed by atoms with van der Waals surface area (Å²) in [5, 5.41) is 0. The molecular formula is C13H15NSi. The van der Waals surface area contributed by atoms with E-state index in [0.29, 0.717) is 0 Å². The highest BCUT2D eigenvalue weighted by Gasteiger charge is 2.07. The van der Waals surface area contributed by atoms with Gasteiger partial charge in [0.25, 0.3) is 0 Å². The van der Waals surface area contributed by atoms with Crippen molar-refractivity contribution in [3.63, 3.8) is 0 Å². The summed E-state index contributed by atoms with van der Waals surface area (Å²) in [5.41, 5.74) is 5.19. The van der Waals surface area contributed by atoms with E-state index < -0.39 is 8.07 Å². The predicted molar refractivity (Wildman–Crippen MR) is 67.0 cm³/mol. The van der Waals surface area contributed by atoms with Crippen LogP contribution in [0.5, 0.6) is 0 Å². The average Bonchev–Trinajstić information content (AvgIpc) is 2.15. The summed E-state index contributed by atoms with van der Waals surface area (Å²) in [6.07, 6.45) is 3.55. The Balaban J connectivity index is 2.98. The van der Waals surface area contributed by atoms with Crippen molar-refractivity contribution in [1.82, 2.24) is 4.98 Å². The summed E-state index contributed by atoms with van der Waals surface area (Å²) in [6.45, 7) is 8.50. The lowest BCUT2D eigenvalue weighted by Gasteiger charge is -2.03. The second-order valence-corrected chi connectivity index (χ2v) is 9.09. The molecule has 0 N–H and O–H groups in total. The Bertz CT molecular complexity index is 461. The number of hydrogen-bond donors (Lipinski definition) is 0. The fourth-order valence-corrected chi connectivity index (χ4v) is 1.50. The molecule has 0 saturated carbocycles. The Morgan fingerprint density at radius 3 is 2.20 bits per heavy atom. The molecule has 15 heavy (non-hydrogen) atoms. The van der Waals surface area contributed by atoms with Crippen LogP contribution in [0.4, 0.5) is 0 Å². The van der Waals surface area contributed by atoms with Crippen molar-refractivity contribution in [2.75, 3.05) is 0 Å². The first-order chi connectivity index (χ1) is 7.01. The fourth-order valence-electron chi connectivity index (χ4n) is 0.981. The third-order valence-corrected chi connectivity index (χ3v) is 2.46. The average molecular weight is 213 g/mol. The van der Waals surface area contributed by atoms with E-state index in [-0.39, 0.29) is 0 Å². The quantitative estimate of drug-likeness (QED) is 0.477. The number of nitrogens with zero attached hydrogens (tertiary/aromatic N) is 1.